The SMILES string of the molecule is CCCCCC1CC(=O)N[C@@H]1C(=O)OCC. The van der Waals surface area contributed by atoms with Gasteiger partial charge in [-0.2, -0.15) is 0 Å². The average molecular weight is 227 g/mol. The van der Waals surface area contributed by atoms with Crippen LogP contribution in [0.15, 0.2) is 0 Å². The van der Waals surface area contributed by atoms with Crippen LogP contribution in [0.3, 0.4) is 0 Å². The molecule has 1 unspecified atom stereocenters. The second-order valence-electron chi connectivity index (χ2n) is 4.26. The highest BCUT2D eigenvalue weighted by molar-refractivity contribution is 5.88. The van der Waals surface area contributed by atoms with Crippen molar-refractivity contribution in [2.24, 2.45) is 5.92 Å². The van der Waals surface area contributed by atoms with Crippen molar-refractivity contribution in [1.29, 1.82) is 0 Å². The maximum absolute atomic E-state index is 11.6. The van der Waals surface area contributed by atoms with Crippen LogP contribution >= 0.6 is 0 Å². The number of hydrogen-bond donors (Lipinski definition) is 1. The molecule has 1 fully saturated rings. The van der Waals surface area contributed by atoms with E-state index in [1.165, 1.54) is 0 Å². The molecule has 1 aliphatic heterocycles. The summed E-state index contributed by atoms with van der Waals surface area (Å²) in [6, 6.07) is -0.413. The van der Waals surface area contributed by atoms with E-state index in [0.29, 0.717) is 13.0 Å². The lowest BCUT2D eigenvalue weighted by molar-refractivity contribution is -0.147. The Morgan fingerprint density at radius 2 is 2.19 bits per heavy atom. The lowest BCUT2D eigenvalue weighted by Crippen LogP contribution is -2.38. The third kappa shape index (κ3) is 3.51. The largest absolute Gasteiger partial charge is 0.464 e. The molecule has 0 spiro atoms. The normalized spacial score (nSPS) is 24.2. The van der Waals surface area contributed by atoms with Crippen molar-refractivity contribution in [3.8, 4) is 0 Å². The van der Waals surface area contributed by atoms with Crippen molar-refractivity contribution in [3.05, 3.63) is 0 Å². The Bertz CT molecular complexity index is 253. The van der Waals surface area contributed by atoms with Gasteiger partial charge >= 0.3 is 5.97 Å². The van der Waals surface area contributed by atoms with E-state index >= 15 is 0 Å². The molecular formula is C12H21NO3. The van der Waals surface area contributed by atoms with Gasteiger partial charge in [-0.05, 0) is 19.3 Å². The molecule has 0 aromatic heterocycles. The summed E-state index contributed by atoms with van der Waals surface area (Å²) < 4.78 is 4.96. The van der Waals surface area contributed by atoms with Crippen LogP contribution in [-0.4, -0.2) is 24.5 Å². The zero-order valence-corrected chi connectivity index (χ0v) is 10.1. The van der Waals surface area contributed by atoms with Crippen LogP contribution in [0.25, 0.3) is 0 Å². The first-order chi connectivity index (χ1) is 7.69. The van der Waals surface area contributed by atoms with Gasteiger partial charge in [0.1, 0.15) is 6.04 Å². The molecule has 0 saturated carbocycles. The Labute approximate surface area is 96.7 Å². The molecule has 2 atom stereocenters. The summed E-state index contributed by atoms with van der Waals surface area (Å²) >= 11 is 0. The van der Waals surface area contributed by atoms with E-state index in [9.17, 15) is 9.59 Å². The van der Waals surface area contributed by atoms with Crippen LogP contribution in [0.1, 0.15) is 46.0 Å². The van der Waals surface area contributed by atoms with Gasteiger partial charge in [-0.1, -0.05) is 26.2 Å². The fraction of sp³-hybridized carbons (Fsp3) is 0.833. The molecule has 4 nitrogen and oxygen atoms in total. The number of amides is 1. The predicted octanol–water partition coefficient (Wildman–Crippen LogP) is 1.63. The molecule has 4 heteroatoms. The minimum absolute atomic E-state index is 0.0282. The third-order valence-corrected chi connectivity index (χ3v) is 2.95. The summed E-state index contributed by atoms with van der Waals surface area (Å²) in [4.78, 5) is 22.9. The maximum Gasteiger partial charge on any atom is 0.328 e. The topological polar surface area (TPSA) is 55.4 Å². The summed E-state index contributed by atoms with van der Waals surface area (Å²) in [7, 11) is 0. The minimum atomic E-state index is -0.413. The van der Waals surface area contributed by atoms with Crippen molar-refractivity contribution < 1.29 is 14.3 Å². The molecule has 0 aliphatic carbocycles. The standard InChI is InChI=1S/C12H21NO3/c1-3-5-6-7-9-8-10(14)13-11(9)12(15)16-4-2/h9,11H,3-8H2,1-2H3,(H,13,14)/t9?,11-/m0/s1. The molecule has 1 aliphatic rings. The van der Waals surface area contributed by atoms with Crippen molar-refractivity contribution in [2.45, 2.75) is 52.0 Å². The maximum atomic E-state index is 11.6. The van der Waals surface area contributed by atoms with Crippen LogP contribution < -0.4 is 5.32 Å². The Morgan fingerprint density at radius 3 is 2.81 bits per heavy atom. The number of carbonyl (C=O) groups is 2. The fourth-order valence-electron chi connectivity index (χ4n) is 2.11. The number of rotatable bonds is 6. The molecule has 1 heterocycles. The Hall–Kier alpha value is -1.06. The second-order valence-corrected chi connectivity index (χ2v) is 4.26. The Balaban J connectivity index is 2.45. The van der Waals surface area contributed by atoms with E-state index in [-0.39, 0.29) is 17.8 Å². The first-order valence-corrected chi connectivity index (χ1v) is 6.15. The highest BCUT2D eigenvalue weighted by Gasteiger charge is 2.37. The average Bonchev–Trinajstić information content (AvgIpc) is 2.61. The van der Waals surface area contributed by atoms with Gasteiger partial charge in [-0.3, -0.25) is 4.79 Å². The van der Waals surface area contributed by atoms with Crippen LogP contribution in [-0.2, 0) is 14.3 Å². The highest BCUT2D eigenvalue weighted by Crippen LogP contribution is 2.23. The predicted molar refractivity (Wildman–Crippen MR) is 60.8 cm³/mol. The van der Waals surface area contributed by atoms with Crippen LogP contribution in [0.2, 0.25) is 0 Å². The van der Waals surface area contributed by atoms with Crippen LogP contribution in [0.5, 0.6) is 0 Å². The van der Waals surface area contributed by atoms with Gasteiger partial charge in [0, 0.05) is 6.42 Å². The van der Waals surface area contributed by atoms with Gasteiger partial charge in [0.15, 0.2) is 0 Å². The summed E-state index contributed by atoms with van der Waals surface area (Å²) in [6.07, 6.45) is 4.77. The zero-order chi connectivity index (χ0) is 12.0. The second kappa shape index (κ2) is 6.51. The molecule has 0 aromatic rings. The molecule has 1 N–H and O–H groups in total. The molecule has 0 aromatic carbocycles. The first-order valence-electron chi connectivity index (χ1n) is 6.15. The molecule has 0 bridgehead atoms. The fourth-order valence-corrected chi connectivity index (χ4v) is 2.11. The van der Waals surface area contributed by atoms with Crippen LogP contribution in [0.4, 0.5) is 0 Å². The summed E-state index contributed by atoms with van der Waals surface area (Å²) in [6.45, 7) is 4.29. The van der Waals surface area contributed by atoms with Gasteiger partial charge in [0.2, 0.25) is 5.91 Å². The quantitative estimate of drug-likeness (QED) is 0.554. The number of hydrogen-bond acceptors (Lipinski definition) is 3. The molecule has 1 rings (SSSR count). The third-order valence-electron chi connectivity index (χ3n) is 2.95. The molecule has 16 heavy (non-hydrogen) atoms. The highest BCUT2D eigenvalue weighted by atomic mass is 16.5. The summed E-state index contributed by atoms with van der Waals surface area (Å²) in [5, 5.41) is 2.70. The van der Waals surface area contributed by atoms with E-state index in [1.807, 2.05) is 0 Å². The smallest absolute Gasteiger partial charge is 0.328 e. The number of ether oxygens (including phenoxy) is 1. The molecular weight excluding hydrogens is 206 g/mol. The molecule has 1 amide bonds. The number of unbranched alkanes of at least 4 members (excludes halogenated alkanes) is 2. The molecule has 0 radical (unpaired) electrons. The van der Waals surface area contributed by atoms with E-state index in [1.54, 1.807) is 6.92 Å². The molecule has 92 valence electrons. The number of nitrogens with one attached hydrogen (secondary N) is 1. The molecule has 1 saturated heterocycles. The van der Waals surface area contributed by atoms with Gasteiger partial charge in [-0.15, -0.1) is 0 Å². The lowest BCUT2D eigenvalue weighted by atomic mass is 9.94. The number of esters is 1. The van der Waals surface area contributed by atoms with Gasteiger partial charge in [-0.25, -0.2) is 4.79 Å². The summed E-state index contributed by atoms with van der Waals surface area (Å²) in [5.41, 5.74) is 0. The summed E-state index contributed by atoms with van der Waals surface area (Å²) in [5.74, 6) is -0.187. The first kappa shape index (κ1) is 13.0. The monoisotopic (exact) mass is 227 g/mol. The van der Waals surface area contributed by atoms with E-state index in [2.05, 4.69) is 12.2 Å². The van der Waals surface area contributed by atoms with Gasteiger partial charge < -0.3 is 10.1 Å². The van der Waals surface area contributed by atoms with E-state index in [4.69, 9.17) is 4.74 Å². The lowest BCUT2D eigenvalue weighted by Gasteiger charge is -2.16. The van der Waals surface area contributed by atoms with Gasteiger partial charge in [0.25, 0.3) is 0 Å². The van der Waals surface area contributed by atoms with Gasteiger partial charge in [0.05, 0.1) is 6.61 Å². The van der Waals surface area contributed by atoms with Crippen molar-refractivity contribution in [1.82, 2.24) is 5.32 Å². The number of carbonyl (C=O) groups excluding carboxylic acids is 2. The Kier molecular flexibility index (Phi) is 5.29. The van der Waals surface area contributed by atoms with E-state index in [0.717, 1.165) is 25.7 Å². The zero-order valence-electron chi connectivity index (χ0n) is 10.1. The Morgan fingerprint density at radius 1 is 1.44 bits per heavy atom. The van der Waals surface area contributed by atoms with Crippen molar-refractivity contribution >= 4 is 11.9 Å². The minimum Gasteiger partial charge on any atom is -0.464 e. The van der Waals surface area contributed by atoms with E-state index < -0.39 is 6.04 Å². The van der Waals surface area contributed by atoms with Crippen molar-refractivity contribution in [2.75, 3.05) is 6.61 Å². The van der Waals surface area contributed by atoms with Crippen LogP contribution in [0, 0.1) is 5.92 Å². The van der Waals surface area contributed by atoms with Crippen molar-refractivity contribution in [3.63, 3.8) is 0 Å².